The largest absolute Gasteiger partial charge is 0.459 e. The molecule has 1 aliphatic carbocycles. The predicted molar refractivity (Wildman–Crippen MR) is 60.7 cm³/mol. The van der Waals surface area contributed by atoms with Crippen molar-refractivity contribution in [3.8, 4) is 0 Å². The minimum absolute atomic E-state index is 0.0986. The SMILES string of the molecule is CC(OC(=O)c1cccc([N+](=O)[O-])c1)C1CC1. The molecule has 1 saturated carbocycles. The number of ether oxygens (including phenoxy) is 1. The summed E-state index contributed by atoms with van der Waals surface area (Å²) in [5.74, 6) is -0.0363. The van der Waals surface area contributed by atoms with Crippen molar-refractivity contribution in [2.75, 3.05) is 0 Å². The van der Waals surface area contributed by atoms with Crippen molar-refractivity contribution >= 4 is 11.7 Å². The normalized spacial score (nSPS) is 16.3. The lowest BCUT2D eigenvalue weighted by atomic mass is 10.2. The van der Waals surface area contributed by atoms with Crippen molar-refractivity contribution in [3.05, 3.63) is 39.9 Å². The van der Waals surface area contributed by atoms with E-state index in [0.717, 1.165) is 12.8 Å². The number of benzene rings is 1. The third kappa shape index (κ3) is 2.81. The second kappa shape index (κ2) is 4.53. The first-order chi connectivity index (χ1) is 8.08. The molecule has 2 rings (SSSR count). The van der Waals surface area contributed by atoms with E-state index in [4.69, 9.17) is 4.74 Å². The van der Waals surface area contributed by atoms with Gasteiger partial charge in [0.2, 0.25) is 0 Å². The van der Waals surface area contributed by atoms with Crippen molar-refractivity contribution in [3.63, 3.8) is 0 Å². The van der Waals surface area contributed by atoms with Crippen LogP contribution in [0.3, 0.4) is 0 Å². The molecule has 0 aromatic heterocycles. The summed E-state index contributed by atoms with van der Waals surface area (Å²) in [5.41, 5.74) is 0.130. The first-order valence-electron chi connectivity index (χ1n) is 5.53. The highest BCUT2D eigenvalue weighted by Gasteiger charge is 2.31. The lowest BCUT2D eigenvalue weighted by Crippen LogP contribution is -2.16. The molecule has 1 aliphatic rings. The van der Waals surface area contributed by atoms with E-state index >= 15 is 0 Å². The molecule has 0 radical (unpaired) electrons. The fraction of sp³-hybridized carbons (Fsp3) is 0.417. The standard InChI is InChI=1S/C12H13NO4/c1-8(9-5-6-9)17-12(14)10-3-2-4-11(7-10)13(15)16/h2-4,7-9H,5-6H2,1H3. The van der Waals surface area contributed by atoms with E-state index in [9.17, 15) is 14.9 Å². The van der Waals surface area contributed by atoms with E-state index in [1.807, 2.05) is 6.92 Å². The van der Waals surface area contributed by atoms with Gasteiger partial charge in [0, 0.05) is 12.1 Å². The van der Waals surface area contributed by atoms with Crippen molar-refractivity contribution in [2.24, 2.45) is 5.92 Å². The summed E-state index contributed by atoms with van der Waals surface area (Å²) in [6, 6.07) is 5.59. The van der Waals surface area contributed by atoms with Crippen LogP contribution < -0.4 is 0 Å². The second-order valence-electron chi connectivity index (χ2n) is 4.26. The molecule has 5 heteroatoms. The first kappa shape index (κ1) is 11.6. The summed E-state index contributed by atoms with van der Waals surface area (Å²) < 4.78 is 5.23. The van der Waals surface area contributed by atoms with Crippen LogP contribution in [-0.4, -0.2) is 17.0 Å². The highest BCUT2D eigenvalue weighted by molar-refractivity contribution is 5.90. The summed E-state index contributed by atoms with van der Waals surface area (Å²) in [6.07, 6.45) is 2.06. The molecule has 5 nitrogen and oxygen atoms in total. The zero-order valence-electron chi connectivity index (χ0n) is 9.46. The van der Waals surface area contributed by atoms with E-state index in [-0.39, 0.29) is 17.4 Å². The van der Waals surface area contributed by atoms with Crippen LogP contribution in [0.25, 0.3) is 0 Å². The minimum Gasteiger partial charge on any atom is -0.459 e. The zero-order chi connectivity index (χ0) is 12.4. The van der Waals surface area contributed by atoms with Crippen LogP contribution in [0, 0.1) is 16.0 Å². The van der Waals surface area contributed by atoms with Crippen LogP contribution in [0.5, 0.6) is 0 Å². The molecule has 0 aliphatic heterocycles. The Labute approximate surface area is 98.5 Å². The molecule has 1 aromatic carbocycles. The predicted octanol–water partition coefficient (Wildman–Crippen LogP) is 2.55. The van der Waals surface area contributed by atoms with Gasteiger partial charge in [-0.2, -0.15) is 0 Å². The highest BCUT2D eigenvalue weighted by atomic mass is 16.6. The van der Waals surface area contributed by atoms with Crippen LogP contribution >= 0.6 is 0 Å². The van der Waals surface area contributed by atoms with E-state index < -0.39 is 10.9 Å². The number of nitro groups is 1. The van der Waals surface area contributed by atoms with E-state index in [2.05, 4.69) is 0 Å². The van der Waals surface area contributed by atoms with Gasteiger partial charge in [0.05, 0.1) is 10.5 Å². The first-order valence-corrected chi connectivity index (χ1v) is 5.53. The van der Waals surface area contributed by atoms with Gasteiger partial charge >= 0.3 is 5.97 Å². The number of hydrogen-bond donors (Lipinski definition) is 0. The Morgan fingerprint density at radius 1 is 1.53 bits per heavy atom. The molecule has 0 saturated heterocycles. The van der Waals surface area contributed by atoms with Gasteiger partial charge in [0.25, 0.3) is 5.69 Å². The van der Waals surface area contributed by atoms with Gasteiger partial charge < -0.3 is 4.74 Å². The summed E-state index contributed by atoms with van der Waals surface area (Å²) in [6.45, 7) is 1.85. The van der Waals surface area contributed by atoms with Gasteiger partial charge in [-0.25, -0.2) is 4.79 Å². The Bertz CT molecular complexity index is 454. The maximum atomic E-state index is 11.7. The smallest absolute Gasteiger partial charge is 0.338 e. The number of non-ortho nitro benzene ring substituents is 1. The number of hydrogen-bond acceptors (Lipinski definition) is 4. The minimum atomic E-state index is -0.527. The third-order valence-corrected chi connectivity index (χ3v) is 2.87. The van der Waals surface area contributed by atoms with Crippen molar-refractivity contribution < 1.29 is 14.5 Å². The van der Waals surface area contributed by atoms with Gasteiger partial charge in [-0.15, -0.1) is 0 Å². The fourth-order valence-electron chi connectivity index (χ4n) is 1.65. The van der Waals surface area contributed by atoms with Gasteiger partial charge in [-0.3, -0.25) is 10.1 Å². The Balaban J connectivity index is 2.07. The number of carbonyl (C=O) groups is 1. The van der Waals surface area contributed by atoms with Crippen LogP contribution in [0.1, 0.15) is 30.1 Å². The highest BCUT2D eigenvalue weighted by Crippen LogP contribution is 2.34. The van der Waals surface area contributed by atoms with Gasteiger partial charge in [-0.05, 0) is 31.7 Å². The number of nitro benzene ring substituents is 1. The van der Waals surface area contributed by atoms with Crippen molar-refractivity contribution in [2.45, 2.75) is 25.9 Å². The van der Waals surface area contributed by atoms with Gasteiger partial charge in [0.1, 0.15) is 6.10 Å². The third-order valence-electron chi connectivity index (χ3n) is 2.87. The maximum Gasteiger partial charge on any atom is 0.338 e. The Hall–Kier alpha value is -1.91. The number of nitrogens with zero attached hydrogens (tertiary/aromatic N) is 1. The Kier molecular flexibility index (Phi) is 3.08. The molecule has 17 heavy (non-hydrogen) atoms. The van der Waals surface area contributed by atoms with Crippen LogP contribution in [0.2, 0.25) is 0 Å². The molecule has 0 heterocycles. The van der Waals surface area contributed by atoms with E-state index in [1.165, 1.54) is 24.3 Å². The molecule has 0 spiro atoms. The lowest BCUT2D eigenvalue weighted by molar-refractivity contribution is -0.384. The summed E-state index contributed by atoms with van der Waals surface area (Å²) in [7, 11) is 0. The summed E-state index contributed by atoms with van der Waals surface area (Å²) >= 11 is 0. The van der Waals surface area contributed by atoms with Gasteiger partial charge in [-0.1, -0.05) is 6.07 Å². The second-order valence-corrected chi connectivity index (χ2v) is 4.26. The summed E-state index contributed by atoms with van der Waals surface area (Å²) in [5, 5.41) is 10.6. The molecule has 1 fully saturated rings. The average Bonchev–Trinajstić information content (AvgIpc) is 3.12. The lowest BCUT2D eigenvalue weighted by Gasteiger charge is -2.11. The quantitative estimate of drug-likeness (QED) is 0.457. The number of rotatable bonds is 4. The summed E-state index contributed by atoms with van der Waals surface area (Å²) in [4.78, 5) is 21.8. The monoisotopic (exact) mass is 235 g/mol. The number of esters is 1. The van der Waals surface area contributed by atoms with Gasteiger partial charge in [0.15, 0.2) is 0 Å². The fourth-order valence-corrected chi connectivity index (χ4v) is 1.65. The van der Waals surface area contributed by atoms with Crippen LogP contribution in [0.4, 0.5) is 5.69 Å². The Morgan fingerprint density at radius 2 is 2.24 bits per heavy atom. The zero-order valence-corrected chi connectivity index (χ0v) is 9.46. The molecule has 1 aromatic rings. The van der Waals surface area contributed by atoms with Crippen molar-refractivity contribution in [1.82, 2.24) is 0 Å². The Morgan fingerprint density at radius 3 is 2.82 bits per heavy atom. The molecular weight excluding hydrogens is 222 g/mol. The van der Waals surface area contributed by atoms with Crippen molar-refractivity contribution in [1.29, 1.82) is 0 Å². The van der Waals surface area contributed by atoms with E-state index in [0.29, 0.717) is 5.92 Å². The molecule has 1 atom stereocenters. The molecule has 90 valence electrons. The molecular formula is C12H13NO4. The van der Waals surface area contributed by atoms with E-state index in [1.54, 1.807) is 0 Å². The van der Waals surface area contributed by atoms with Crippen LogP contribution in [-0.2, 0) is 4.74 Å². The molecule has 0 amide bonds. The topological polar surface area (TPSA) is 69.4 Å². The number of carbonyl (C=O) groups excluding carboxylic acids is 1. The molecule has 0 N–H and O–H groups in total. The molecule has 0 bridgehead atoms. The maximum absolute atomic E-state index is 11.7. The average molecular weight is 235 g/mol. The molecule has 1 unspecified atom stereocenters. The van der Waals surface area contributed by atoms with Crippen LogP contribution in [0.15, 0.2) is 24.3 Å².